The van der Waals surface area contributed by atoms with Crippen molar-refractivity contribution in [1.82, 2.24) is 10.2 Å². The topological polar surface area (TPSA) is 52.6 Å². The van der Waals surface area contributed by atoms with E-state index >= 15 is 0 Å². The van der Waals surface area contributed by atoms with Crippen LogP contribution in [0.5, 0.6) is 0 Å². The zero-order valence-corrected chi connectivity index (χ0v) is 16.1. The molecule has 0 radical (unpaired) electrons. The van der Waals surface area contributed by atoms with Gasteiger partial charge < -0.3 is 15.3 Å². The maximum atomic E-state index is 13.0. The lowest BCUT2D eigenvalue weighted by molar-refractivity contribution is -0.143. The first-order chi connectivity index (χ1) is 13.7. The molecule has 3 aliphatic rings. The van der Waals surface area contributed by atoms with E-state index in [2.05, 4.69) is 40.5 Å². The molecule has 28 heavy (non-hydrogen) atoms. The zero-order chi connectivity index (χ0) is 19.1. The quantitative estimate of drug-likeness (QED) is 0.781. The molecule has 2 aromatic carbocycles. The van der Waals surface area contributed by atoms with Gasteiger partial charge in [-0.1, -0.05) is 60.7 Å². The Morgan fingerprint density at radius 3 is 2.21 bits per heavy atom. The standard InChI is InChI=1S/C24H28N2O2/c27-23(24(28,19-11-12-19)18-9-5-2-6-10-18)25-22-20-15-26(16-21(20)22)14-13-17-7-3-1-4-8-17/h1-10,19-22,28H,11-16H2,(H,25,27)/t20-,21?,22?,24?/m0/s1. The van der Waals surface area contributed by atoms with Crippen molar-refractivity contribution in [2.24, 2.45) is 17.8 Å². The molecule has 2 aromatic rings. The zero-order valence-electron chi connectivity index (χ0n) is 16.1. The number of carbonyl (C=O) groups is 1. The van der Waals surface area contributed by atoms with Crippen molar-refractivity contribution in [3.05, 3.63) is 71.8 Å². The lowest BCUT2D eigenvalue weighted by Gasteiger charge is -2.28. The van der Waals surface area contributed by atoms with Crippen molar-refractivity contribution in [2.45, 2.75) is 30.9 Å². The highest BCUT2D eigenvalue weighted by molar-refractivity contribution is 5.87. The summed E-state index contributed by atoms with van der Waals surface area (Å²) in [7, 11) is 0. The van der Waals surface area contributed by atoms with Gasteiger partial charge >= 0.3 is 0 Å². The van der Waals surface area contributed by atoms with Crippen LogP contribution in [0.15, 0.2) is 60.7 Å². The number of hydrogen-bond acceptors (Lipinski definition) is 3. The molecule has 5 rings (SSSR count). The summed E-state index contributed by atoms with van der Waals surface area (Å²) in [4.78, 5) is 15.6. The van der Waals surface area contributed by atoms with E-state index in [1.165, 1.54) is 5.56 Å². The molecule has 3 fully saturated rings. The van der Waals surface area contributed by atoms with Crippen LogP contribution in [0.4, 0.5) is 0 Å². The van der Waals surface area contributed by atoms with Crippen LogP contribution in [-0.2, 0) is 16.8 Å². The van der Waals surface area contributed by atoms with Crippen molar-refractivity contribution < 1.29 is 9.90 Å². The number of benzene rings is 2. The maximum absolute atomic E-state index is 13.0. The van der Waals surface area contributed by atoms with Crippen LogP contribution >= 0.6 is 0 Å². The van der Waals surface area contributed by atoms with Gasteiger partial charge in [-0.25, -0.2) is 0 Å². The molecule has 0 bridgehead atoms. The van der Waals surface area contributed by atoms with Gasteiger partial charge in [-0.05, 0) is 42.2 Å². The minimum absolute atomic E-state index is 0.0517. The largest absolute Gasteiger partial charge is 0.375 e. The SMILES string of the molecule is O=C(NC1C2CN(CCc3ccccc3)C[C@@H]21)C(O)(c1ccccc1)C1CC1. The van der Waals surface area contributed by atoms with E-state index < -0.39 is 5.60 Å². The number of hydrogen-bond donors (Lipinski definition) is 2. The van der Waals surface area contributed by atoms with E-state index in [9.17, 15) is 9.90 Å². The lowest BCUT2D eigenvalue weighted by atomic mass is 9.87. The van der Waals surface area contributed by atoms with Crippen molar-refractivity contribution in [1.29, 1.82) is 0 Å². The van der Waals surface area contributed by atoms with Gasteiger partial charge in [0.25, 0.3) is 5.91 Å². The predicted octanol–water partition coefficient (Wildman–Crippen LogP) is 2.57. The van der Waals surface area contributed by atoms with Crippen LogP contribution < -0.4 is 5.32 Å². The summed E-state index contributed by atoms with van der Waals surface area (Å²) in [5.74, 6) is 0.935. The summed E-state index contributed by atoms with van der Waals surface area (Å²) in [6, 6.07) is 20.3. The molecular weight excluding hydrogens is 348 g/mol. The molecule has 4 heteroatoms. The van der Waals surface area contributed by atoms with Gasteiger partial charge in [0.15, 0.2) is 5.60 Å². The normalized spacial score (nSPS) is 28.4. The first kappa shape index (κ1) is 17.9. The van der Waals surface area contributed by atoms with Gasteiger partial charge in [0.2, 0.25) is 0 Å². The highest BCUT2D eigenvalue weighted by Crippen LogP contribution is 2.49. The van der Waals surface area contributed by atoms with Gasteiger partial charge in [-0.2, -0.15) is 0 Å². The Morgan fingerprint density at radius 2 is 1.61 bits per heavy atom. The lowest BCUT2D eigenvalue weighted by Crippen LogP contribution is -2.48. The maximum Gasteiger partial charge on any atom is 0.257 e. The minimum Gasteiger partial charge on any atom is -0.375 e. The third-order valence-electron chi connectivity index (χ3n) is 6.86. The Labute approximate surface area is 166 Å². The molecule has 1 heterocycles. The molecule has 1 aliphatic heterocycles. The fraction of sp³-hybridized carbons (Fsp3) is 0.458. The van der Waals surface area contributed by atoms with E-state index in [1.807, 2.05) is 30.3 Å². The van der Waals surface area contributed by atoms with Crippen LogP contribution in [0.25, 0.3) is 0 Å². The van der Waals surface area contributed by atoms with E-state index in [0.717, 1.165) is 44.5 Å². The summed E-state index contributed by atoms with van der Waals surface area (Å²) in [6.07, 6.45) is 2.92. The molecule has 4 atom stereocenters. The van der Waals surface area contributed by atoms with Gasteiger partial charge in [-0.15, -0.1) is 0 Å². The van der Waals surface area contributed by atoms with Crippen molar-refractivity contribution in [3.8, 4) is 0 Å². The number of fused-ring (bicyclic) bond motifs is 1. The highest BCUT2D eigenvalue weighted by atomic mass is 16.3. The first-order valence-corrected chi connectivity index (χ1v) is 10.5. The number of nitrogens with one attached hydrogen (secondary N) is 1. The monoisotopic (exact) mass is 376 g/mol. The minimum atomic E-state index is -1.37. The van der Waals surface area contributed by atoms with E-state index in [4.69, 9.17) is 0 Å². The Bertz CT molecular complexity index is 824. The first-order valence-electron chi connectivity index (χ1n) is 10.5. The van der Waals surface area contributed by atoms with Gasteiger partial charge in [-0.3, -0.25) is 4.79 Å². The predicted molar refractivity (Wildman–Crippen MR) is 109 cm³/mol. The fourth-order valence-electron chi connectivity index (χ4n) is 4.95. The van der Waals surface area contributed by atoms with Crippen molar-refractivity contribution in [3.63, 3.8) is 0 Å². The Hall–Kier alpha value is -2.17. The molecule has 2 saturated carbocycles. The second-order valence-electron chi connectivity index (χ2n) is 8.73. The van der Waals surface area contributed by atoms with Crippen LogP contribution in [0, 0.1) is 17.8 Å². The van der Waals surface area contributed by atoms with Crippen molar-refractivity contribution in [2.75, 3.05) is 19.6 Å². The highest BCUT2D eigenvalue weighted by Gasteiger charge is 2.59. The second kappa shape index (κ2) is 7.02. The van der Waals surface area contributed by atoms with Crippen molar-refractivity contribution >= 4 is 5.91 Å². The van der Waals surface area contributed by atoms with E-state index in [1.54, 1.807) is 0 Å². The Morgan fingerprint density at radius 1 is 1.00 bits per heavy atom. The number of carbonyl (C=O) groups excluding carboxylic acids is 1. The number of nitrogens with zero attached hydrogens (tertiary/aromatic N) is 1. The number of piperidine rings is 1. The molecular formula is C24H28N2O2. The molecule has 146 valence electrons. The number of aliphatic hydroxyl groups is 1. The third-order valence-corrected chi connectivity index (χ3v) is 6.86. The summed E-state index contributed by atoms with van der Waals surface area (Å²) < 4.78 is 0. The third kappa shape index (κ3) is 3.25. The van der Waals surface area contributed by atoms with Gasteiger partial charge in [0.1, 0.15) is 0 Å². The second-order valence-corrected chi connectivity index (χ2v) is 8.73. The molecule has 1 amide bonds. The average Bonchev–Trinajstić information content (AvgIpc) is 3.65. The van der Waals surface area contributed by atoms with E-state index in [0.29, 0.717) is 11.8 Å². The van der Waals surface area contributed by atoms with Gasteiger partial charge in [0, 0.05) is 31.6 Å². The summed E-state index contributed by atoms with van der Waals surface area (Å²) in [5.41, 5.74) is 0.737. The molecule has 3 unspecified atom stereocenters. The number of amides is 1. The molecule has 2 aliphatic carbocycles. The average molecular weight is 377 g/mol. The van der Waals surface area contributed by atoms with Crippen LogP contribution in [0.2, 0.25) is 0 Å². The molecule has 2 N–H and O–H groups in total. The molecule has 4 nitrogen and oxygen atoms in total. The smallest absolute Gasteiger partial charge is 0.257 e. The molecule has 0 spiro atoms. The Balaban J connectivity index is 1.16. The Kier molecular flexibility index (Phi) is 4.48. The van der Waals surface area contributed by atoms with Crippen LogP contribution in [0.3, 0.4) is 0 Å². The molecule has 1 saturated heterocycles. The summed E-state index contributed by atoms with van der Waals surface area (Å²) in [6.45, 7) is 3.18. The number of rotatable bonds is 7. The fourth-order valence-corrected chi connectivity index (χ4v) is 4.95. The van der Waals surface area contributed by atoms with Gasteiger partial charge in [0.05, 0.1) is 0 Å². The van der Waals surface area contributed by atoms with E-state index in [-0.39, 0.29) is 17.9 Å². The van der Waals surface area contributed by atoms with Crippen LogP contribution in [0.1, 0.15) is 24.0 Å². The van der Waals surface area contributed by atoms with Crippen LogP contribution in [-0.4, -0.2) is 41.6 Å². The summed E-state index contributed by atoms with van der Waals surface area (Å²) >= 11 is 0. The molecule has 0 aromatic heterocycles. The number of likely N-dealkylation sites (tertiary alicyclic amines) is 1. The summed E-state index contributed by atoms with van der Waals surface area (Å²) in [5, 5.41) is 14.5.